The molecular weight excluding hydrogens is 376 g/mol. The van der Waals surface area contributed by atoms with Gasteiger partial charge in [-0.25, -0.2) is 0 Å². The molecule has 3 rings (SSSR count). The molecular formula is C18H13ClN2O4S. The minimum atomic E-state index is -0.546. The lowest BCUT2D eigenvalue weighted by Gasteiger charge is -2.06. The molecule has 0 radical (unpaired) electrons. The number of non-ortho nitro benzene ring substituents is 1. The lowest BCUT2D eigenvalue weighted by atomic mass is 10.2. The Kier molecular flexibility index (Phi) is 5.50. The van der Waals surface area contributed by atoms with Gasteiger partial charge >= 0.3 is 0 Å². The van der Waals surface area contributed by atoms with Crippen LogP contribution in [0, 0.1) is 10.1 Å². The van der Waals surface area contributed by atoms with Crippen LogP contribution in [-0.2, 0) is 6.61 Å². The van der Waals surface area contributed by atoms with Crippen molar-refractivity contribution in [3.63, 3.8) is 0 Å². The number of ether oxygens (including phenoxy) is 1. The molecule has 1 N–H and O–H groups in total. The molecule has 0 unspecified atom stereocenters. The van der Waals surface area contributed by atoms with E-state index in [1.807, 2.05) is 35.7 Å². The smallest absolute Gasteiger partial charge is 0.271 e. The second-order valence-corrected chi connectivity index (χ2v) is 6.61. The van der Waals surface area contributed by atoms with E-state index in [4.69, 9.17) is 16.3 Å². The highest BCUT2D eigenvalue weighted by Crippen LogP contribution is 2.27. The van der Waals surface area contributed by atoms with Crippen LogP contribution < -0.4 is 10.1 Å². The number of carbonyl (C=O) groups excluding carboxylic acids is 1. The molecule has 0 atom stereocenters. The summed E-state index contributed by atoms with van der Waals surface area (Å²) >= 11 is 7.27. The third-order valence-electron chi connectivity index (χ3n) is 3.44. The fraction of sp³-hybridized carbons (Fsp3) is 0.0556. The van der Waals surface area contributed by atoms with Crippen molar-refractivity contribution < 1.29 is 14.5 Å². The van der Waals surface area contributed by atoms with Crippen molar-refractivity contribution in [1.82, 2.24) is 0 Å². The van der Waals surface area contributed by atoms with Crippen LogP contribution in [0.2, 0.25) is 5.02 Å². The van der Waals surface area contributed by atoms with Crippen molar-refractivity contribution in [3.8, 4) is 5.75 Å². The standard InChI is InChI=1S/C18H13ClN2O4S/c19-15-9-13(21(23)24)6-7-16(15)20-18(22)17-8-12(11-26-17)10-25-14-4-2-1-3-5-14/h1-9,11H,10H2,(H,20,22). The third kappa shape index (κ3) is 4.38. The van der Waals surface area contributed by atoms with Crippen LogP contribution in [0.3, 0.4) is 0 Å². The molecule has 1 heterocycles. The first kappa shape index (κ1) is 17.9. The Balaban J connectivity index is 1.64. The normalized spacial score (nSPS) is 10.3. The van der Waals surface area contributed by atoms with E-state index in [0.29, 0.717) is 17.2 Å². The second kappa shape index (κ2) is 7.99. The van der Waals surface area contributed by atoms with Crippen molar-refractivity contribution in [2.75, 3.05) is 5.32 Å². The summed E-state index contributed by atoms with van der Waals surface area (Å²) in [6.07, 6.45) is 0. The Labute approximate surface area is 158 Å². The minimum Gasteiger partial charge on any atom is -0.489 e. The monoisotopic (exact) mass is 388 g/mol. The molecule has 3 aromatic rings. The zero-order valence-corrected chi connectivity index (χ0v) is 14.9. The van der Waals surface area contributed by atoms with E-state index < -0.39 is 4.92 Å². The number of rotatable bonds is 6. The average Bonchev–Trinajstić information content (AvgIpc) is 3.11. The maximum atomic E-state index is 12.3. The molecule has 2 aromatic carbocycles. The van der Waals surface area contributed by atoms with E-state index in [2.05, 4.69) is 5.32 Å². The van der Waals surface area contributed by atoms with E-state index in [-0.39, 0.29) is 16.6 Å². The highest BCUT2D eigenvalue weighted by atomic mass is 35.5. The topological polar surface area (TPSA) is 81.5 Å². The van der Waals surface area contributed by atoms with Gasteiger partial charge in [0.1, 0.15) is 12.4 Å². The predicted octanol–water partition coefficient (Wildman–Crippen LogP) is 5.14. The minimum absolute atomic E-state index is 0.108. The molecule has 26 heavy (non-hydrogen) atoms. The van der Waals surface area contributed by atoms with Gasteiger partial charge in [0.25, 0.3) is 11.6 Å². The van der Waals surface area contributed by atoms with E-state index in [0.717, 1.165) is 11.3 Å². The van der Waals surface area contributed by atoms with Crippen LogP contribution in [0.1, 0.15) is 15.2 Å². The van der Waals surface area contributed by atoms with Crippen molar-refractivity contribution >= 4 is 40.2 Å². The van der Waals surface area contributed by atoms with E-state index in [1.54, 1.807) is 6.07 Å². The molecule has 0 saturated carbocycles. The molecule has 1 aromatic heterocycles. The van der Waals surface area contributed by atoms with E-state index >= 15 is 0 Å². The van der Waals surface area contributed by atoms with Crippen LogP contribution in [0.25, 0.3) is 0 Å². The maximum Gasteiger partial charge on any atom is 0.271 e. The largest absolute Gasteiger partial charge is 0.489 e. The second-order valence-electron chi connectivity index (χ2n) is 5.30. The van der Waals surface area contributed by atoms with Gasteiger partial charge in [-0.2, -0.15) is 0 Å². The fourth-order valence-electron chi connectivity index (χ4n) is 2.16. The van der Waals surface area contributed by atoms with Gasteiger partial charge in [0.2, 0.25) is 0 Å². The van der Waals surface area contributed by atoms with Crippen molar-refractivity contribution in [3.05, 3.63) is 85.6 Å². The number of thiophene rings is 1. The maximum absolute atomic E-state index is 12.3. The first-order chi connectivity index (χ1) is 12.5. The summed E-state index contributed by atoms with van der Waals surface area (Å²) in [4.78, 5) is 23.0. The first-order valence-corrected chi connectivity index (χ1v) is 8.79. The van der Waals surface area contributed by atoms with Gasteiger partial charge < -0.3 is 10.1 Å². The average molecular weight is 389 g/mol. The SMILES string of the molecule is O=C(Nc1ccc([N+](=O)[O-])cc1Cl)c1cc(COc2ccccc2)cs1. The highest BCUT2D eigenvalue weighted by Gasteiger charge is 2.14. The lowest BCUT2D eigenvalue weighted by Crippen LogP contribution is -2.10. The van der Waals surface area contributed by atoms with Gasteiger partial charge in [-0.05, 0) is 29.6 Å². The molecule has 0 saturated heterocycles. The summed E-state index contributed by atoms with van der Waals surface area (Å²) in [7, 11) is 0. The Morgan fingerprint density at radius 3 is 2.65 bits per heavy atom. The lowest BCUT2D eigenvalue weighted by molar-refractivity contribution is -0.384. The number of halogens is 1. The number of amides is 1. The Hall–Kier alpha value is -2.90. The van der Waals surface area contributed by atoms with Crippen molar-refractivity contribution in [2.45, 2.75) is 6.61 Å². The van der Waals surface area contributed by atoms with Gasteiger partial charge in [-0.1, -0.05) is 29.8 Å². The summed E-state index contributed by atoms with van der Waals surface area (Å²) in [5, 5.41) is 15.3. The summed E-state index contributed by atoms with van der Waals surface area (Å²) in [6, 6.07) is 15.0. The zero-order chi connectivity index (χ0) is 18.5. The highest BCUT2D eigenvalue weighted by molar-refractivity contribution is 7.12. The fourth-order valence-corrected chi connectivity index (χ4v) is 3.17. The third-order valence-corrected chi connectivity index (χ3v) is 4.73. The number of nitrogens with zero attached hydrogens (tertiary/aromatic N) is 1. The Morgan fingerprint density at radius 2 is 1.96 bits per heavy atom. The Morgan fingerprint density at radius 1 is 1.19 bits per heavy atom. The van der Waals surface area contributed by atoms with Crippen LogP contribution in [0.5, 0.6) is 5.75 Å². The van der Waals surface area contributed by atoms with E-state index in [1.165, 1.54) is 29.5 Å². The molecule has 8 heteroatoms. The molecule has 0 aliphatic rings. The van der Waals surface area contributed by atoms with Crippen LogP contribution >= 0.6 is 22.9 Å². The quantitative estimate of drug-likeness (QED) is 0.468. The summed E-state index contributed by atoms with van der Waals surface area (Å²) < 4.78 is 5.65. The van der Waals surface area contributed by atoms with Gasteiger partial charge in [0, 0.05) is 17.7 Å². The summed E-state index contributed by atoms with van der Waals surface area (Å²) in [6.45, 7) is 0.353. The zero-order valence-electron chi connectivity index (χ0n) is 13.3. The van der Waals surface area contributed by atoms with Gasteiger partial charge in [-0.15, -0.1) is 11.3 Å². The Bertz CT molecular complexity index is 943. The van der Waals surface area contributed by atoms with Crippen molar-refractivity contribution in [1.29, 1.82) is 0 Å². The molecule has 0 aliphatic heterocycles. The van der Waals surface area contributed by atoms with E-state index in [9.17, 15) is 14.9 Å². The van der Waals surface area contributed by atoms with Crippen LogP contribution in [0.15, 0.2) is 60.0 Å². The number of nitrogens with one attached hydrogen (secondary N) is 1. The number of nitro benzene ring substituents is 1. The first-order valence-electron chi connectivity index (χ1n) is 7.53. The van der Waals surface area contributed by atoms with Gasteiger partial charge in [-0.3, -0.25) is 14.9 Å². The van der Waals surface area contributed by atoms with Gasteiger partial charge in [0.15, 0.2) is 0 Å². The predicted molar refractivity (Wildman–Crippen MR) is 101 cm³/mol. The molecule has 1 amide bonds. The summed E-state index contributed by atoms with van der Waals surface area (Å²) in [5.41, 5.74) is 1.06. The molecule has 0 spiro atoms. The van der Waals surface area contributed by atoms with Crippen LogP contribution in [-0.4, -0.2) is 10.8 Å². The number of hydrogen-bond acceptors (Lipinski definition) is 5. The number of carbonyl (C=O) groups is 1. The number of anilines is 1. The van der Waals surface area contributed by atoms with Gasteiger partial charge in [0.05, 0.1) is 20.5 Å². The molecule has 0 fully saturated rings. The number of nitro groups is 1. The molecule has 6 nitrogen and oxygen atoms in total. The molecule has 0 aliphatic carbocycles. The molecule has 132 valence electrons. The summed E-state index contributed by atoms with van der Waals surface area (Å²) in [5.74, 6) is 0.416. The van der Waals surface area contributed by atoms with Crippen molar-refractivity contribution in [2.24, 2.45) is 0 Å². The number of benzene rings is 2. The number of hydrogen-bond donors (Lipinski definition) is 1. The van der Waals surface area contributed by atoms with Crippen LogP contribution in [0.4, 0.5) is 11.4 Å². The molecule has 0 bridgehead atoms. The number of para-hydroxylation sites is 1.